The Morgan fingerprint density at radius 1 is 0.345 bits per heavy atom. The Hall–Kier alpha value is -7.36. The lowest BCUT2D eigenvalue weighted by Crippen LogP contribution is -2.09. The van der Waals surface area contributed by atoms with Crippen molar-refractivity contribution >= 4 is 49.6 Å². The van der Waals surface area contributed by atoms with Crippen molar-refractivity contribution in [1.29, 1.82) is 0 Å². The Morgan fingerprint density at radius 3 is 1.58 bits per heavy atom. The molecule has 0 saturated carbocycles. The van der Waals surface area contributed by atoms with E-state index in [0.717, 1.165) is 39.8 Å². The first-order chi connectivity index (χ1) is 27.2. The summed E-state index contributed by atoms with van der Waals surface area (Å²) in [6, 6.07) is 74.0. The first kappa shape index (κ1) is 31.2. The maximum absolute atomic E-state index is 6.35. The van der Waals surface area contributed by atoms with Gasteiger partial charge < -0.3 is 14.2 Å². The van der Waals surface area contributed by atoms with E-state index in [1.165, 1.54) is 60.4 Å². The van der Waals surface area contributed by atoms with Crippen LogP contribution in [0.5, 0.6) is 11.5 Å². The smallest absolute Gasteiger partial charge is 0.152 e. The second-order valence-electron chi connectivity index (χ2n) is 14.2. The van der Waals surface area contributed by atoms with Gasteiger partial charge in [0.15, 0.2) is 11.5 Å². The van der Waals surface area contributed by atoms with E-state index >= 15 is 0 Å². The van der Waals surface area contributed by atoms with Crippen LogP contribution in [0.1, 0.15) is 0 Å². The van der Waals surface area contributed by atoms with E-state index in [-0.39, 0.29) is 0 Å². The number of fused-ring (bicyclic) bond motifs is 6. The van der Waals surface area contributed by atoms with Crippen molar-refractivity contribution in [2.45, 2.75) is 0 Å². The fraction of sp³-hybridized carbons (Fsp3) is 0. The van der Waals surface area contributed by atoms with E-state index in [4.69, 9.17) is 4.74 Å². The quantitative estimate of drug-likeness (QED) is 0.172. The summed E-state index contributed by atoms with van der Waals surface area (Å²) >= 11 is 0. The normalized spacial score (nSPS) is 11.8. The van der Waals surface area contributed by atoms with Gasteiger partial charge in [0.1, 0.15) is 0 Å². The van der Waals surface area contributed by atoms with E-state index in [1.54, 1.807) is 0 Å². The van der Waals surface area contributed by atoms with Crippen LogP contribution in [0.4, 0.5) is 17.1 Å². The van der Waals surface area contributed by atoms with Gasteiger partial charge in [-0.3, -0.25) is 0 Å². The van der Waals surface area contributed by atoms with E-state index < -0.39 is 0 Å². The van der Waals surface area contributed by atoms with Crippen LogP contribution in [0.15, 0.2) is 206 Å². The summed E-state index contributed by atoms with van der Waals surface area (Å²) in [6.07, 6.45) is 0. The molecule has 1 aliphatic heterocycles. The minimum absolute atomic E-state index is 0.877. The van der Waals surface area contributed by atoms with Gasteiger partial charge in [-0.05, 0) is 117 Å². The molecular formula is C52H34N2O. The number of anilines is 3. The molecule has 3 heteroatoms. The van der Waals surface area contributed by atoms with Crippen molar-refractivity contribution in [3.05, 3.63) is 206 Å². The monoisotopic (exact) mass is 702 g/mol. The van der Waals surface area contributed by atoms with Crippen LogP contribution in [-0.4, -0.2) is 4.57 Å². The van der Waals surface area contributed by atoms with Gasteiger partial charge in [-0.15, -0.1) is 0 Å². The number of ether oxygens (including phenoxy) is 1. The zero-order chi connectivity index (χ0) is 36.3. The molecule has 0 N–H and O–H groups in total. The van der Waals surface area contributed by atoms with Gasteiger partial charge in [-0.25, -0.2) is 0 Å². The molecule has 0 atom stereocenters. The number of rotatable bonds is 6. The van der Waals surface area contributed by atoms with Crippen molar-refractivity contribution in [1.82, 2.24) is 4.57 Å². The summed E-state index contributed by atoms with van der Waals surface area (Å²) in [7, 11) is 0. The summed E-state index contributed by atoms with van der Waals surface area (Å²) in [6.45, 7) is 0. The summed E-state index contributed by atoms with van der Waals surface area (Å²) in [5, 5.41) is 4.90. The topological polar surface area (TPSA) is 17.4 Å². The number of nitrogens with zero attached hydrogens (tertiary/aromatic N) is 2. The van der Waals surface area contributed by atoms with Crippen molar-refractivity contribution in [2.75, 3.05) is 4.90 Å². The fourth-order valence-corrected chi connectivity index (χ4v) is 8.25. The zero-order valence-corrected chi connectivity index (χ0v) is 29.9. The first-order valence-corrected chi connectivity index (χ1v) is 18.7. The molecule has 1 aliphatic rings. The van der Waals surface area contributed by atoms with E-state index in [0.29, 0.717) is 0 Å². The lowest BCUT2D eigenvalue weighted by Gasteiger charge is -2.26. The predicted molar refractivity (Wildman–Crippen MR) is 229 cm³/mol. The lowest BCUT2D eigenvalue weighted by atomic mass is 10.00. The Bertz CT molecular complexity index is 3030. The molecule has 3 nitrogen and oxygen atoms in total. The standard InChI is InChI=1S/C52H34N2O/c1-2-9-35(10-3-1)37-19-26-43(27-20-37)53(44-28-21-38(22-29-44)41-18-17-36-11-4-5-12-40(36)33-41)45-30-23-39(24-31-45)42-25-32-48-47(34-42)46-13-8-16-51-52(46)54(48)49-14-6-7-15-50(49)55-51/h1-34H. The molecule has 55 heavy (non-hydrogen) atoms. The molecule has 0 fully saturated rings. The molecule has 9 aromatic carbocycles. The second kappa shape index (κ2) is 12.6. The van der Waals surface area contributed by atoms with Crippen molar-refractivity contribution in [3.8, 4) is 50.6 Å². The minimum Gasteiger partial charge on any atom is -0.453 e. The van der Waals surface area contributed by atoms with E-state index in [2.05, 4.69) is 204 Å². The third kappa shape index (κ3) is 5.28. The number of benzene rings is 9. The highest BCUT2D eigenvalue weighted by molar-refractivity contribution is 6.13. The SMILES string of the molecule is c1ccc(-c2ccc(N(c3ccc(-c4ccc5ccccc5c4)cc3)c3ccc(-c4ccc5c(c4)c4cccc6c4n5-c4ccccc4O6)cc3)cc2)cc1. The molecule has 0 amide bonds. The Labute approximate surface area is 319 Å². The number of hydrogen-bond acceptors (Lipinski definition) is 2. The summed E-state index contributed by atoms with van der Waals surface area (Å²) in [5.74, 6) is 1.77. The molecule has 0 bridgehead atoms. The highest BCUT2D eigenvalue weighted by Crippen LogP contribution is 2.46. The third-order valence-electron chi connectivity index (χ3n) is 11.0. The van der Waals surface area contributed by atoms with E-state index in [9.17, 15) is 0 Å². The maximum Gasteiger partial charge on any atom is 0.152 e. The Balaban J connectivity index is 0.976. The van der Waals surface area contributed by atoms with Crippen molar-refractivity contribution in [3.63, 3.8) is 0 Å². The molecule has 0 radical (unpaired) electrons. The summed E-state index contributed by atoms with van der Waals surface area (Å²) in [5.41, 5.74) is 13.8. The van der Waals surface area contributed by atoms with E-state index in [1.807, 2.05) is 12.1 Å². The minimum atomic E-state index is 0.877. The molecule has 0 unspecified atom stereocenters. The Kier molecular flexibility index (Phi) is 7.17. The van der Waals surface area contributed by atoms with Gasteiger partial charge in [0, 0.05) is 27.8 Å². The average Bonchev–Trinajstić information content (AvgIpc) is 3.60. The van der Waals surface area contributed by atoms with Gasteiger partial charge >= 0.3 is 0 Å². The first-order valence-electron chi connectivity index (χ1n) is 18.7. The third-order valence-corrected chi connectivity index (χ3v) is 11.0. The second-order valence-corrected chi connectivity index (χ2v) is 14.2. The molecule has 258 valence electrons. The highest BCUT2D eigenvalue weighted by Gasteiger charge is 2.23. The zero-order valence-electron chi connectivity index (χ0n) is 29.9. The Morgan fingerprint density at radius 2 is 0.873 bits per heavy atom. The van der Waals surface area contributed by atoms with Gasteiger partial charge in [0.05, 0.1) is 16.7 Å². The molecule has 11 rings (SSSR count). The summed E-state index contributed by atoms with van der Waals surface area (Å²) < 4.78 is 8.70. The van der Waals surface area contributed by atoms with Crippen LogP contribution in [-0.2, 0) is 0 Å². The van der Waals surface area contributed by atoms with Gasteiger partial charge in [-0.2, -0.15) is 0 Å². The summed E-state index contributed by atoms with van der Waals surface area (Å²) in [4.78, 5) is 2.34. The van der Waals surface area contributed by atoms with Crippen LogP contribution in [0, 0.1) is 0 Å². The van der Waals surface area contributed by atoms with Crippen LogP contribution in [0.2, 0.25) is 0 Å². The van der Waals surface area contributed by atoms with Gasteiger partial charge in [0.2, 0.25) is 0 Å². The molecule has 2 heterocycles. The van der Waals surface area contributed by atoms with Crippen LogP contribution < -0.4 is 9.64 Å². The highest BCUT2D eigenvalue weighted by atomic mass is 16.5. The predicted octanol–water partition coefficient (Wildman–Crippen LogP) is 14.5. The molecule has 10 aromatic rings. The van der Waals surface area contributed by atoms with Crippen LogP contribution in [0.3, 0.4) is 0 Å². The maximum atomic E-state index is 6.35. The molecule has 1 aromatic heterocycles. The molecule has 0 aliphatic carbocycles. The van der Waals surface area contributed by atoms with Crippen molar-refractivity contribution in [2.24, 2.45) is 0 Å². The molecule has 0 spiro atoms. The molecular weight excluding hydrogens is 669 g/mol. The van der Waals surface area contributed by atoms with Crippen LogP contribution in [0.25, 0.3) is 71.6 Å². The van der Waals surface area contributed by atoms with Gasteiger partial charge in [0.25, 0.3) is 0 Å². The van der Waals surface area contributed by atoms with Crippen LogP contribution >= 0.6 is 0 Å². The lowest BCUT2D eigenvalue weighted by molar-refractivity contribution is 0.476. The molecule has 0 saturated heterocycles. The largest absolute Gasteiger partial charge is 0.453 e. The number of aromatic nitrogens is 1. The number of para-hydroxylation sites is 3. The average molecular weight is 703 g/mol. The number of hydrogen-bond donors (Lipinski definition) is 0. The van der Waals surface area contributed by atoms with Crippen molar-refractivity contribution < 1.29 is 4.74 Å². The fourth-order valence-electron chi connectivity index (χ4n) is 8.25. The van der Waals surface area contributed by atoms with Gasteiger partial charge in [-0.1, -0.05) is 133 Å².